The van der Waals surface area contributed by atoms with Crippen LogP contribution < -0.4 is 5.32 Å². The molecule has 0 fully saturated rings. The van der Waals surface area contributed by atoms with E-state index in [0.29, 0.717) is 0 Å². The molecule has 1 atom stereocenters. The average molecular weight is 307 g/mol. The second kappa shape index (κ2) is 6.10. The summed E-state index contributed by atoms with van der Waals surface area (Å²) in [6, 6.07) is 7.90. The van der Waals surface area contributed by atoms with Crippen LogP contribution in [0.15, 0.2) is 30.3 Å². The molecule has 1 heterocycles. The minimum atomic E-state index is -1.08. The first-order valence-corrected chi connectivity index (χ1v) is 6.87. The number of carboxylic acids is 1. The number of carbonyl (C=O) groups is 2. The normalized spacial score (nSPS) is 12.4. The molecule has 0 spiro atoms. The number of rotatable bonds is 4. The first-order valence-electron chi connectivity index (χ1n) is 6.49. The van der Waals surface area contributed by atoms with E-state index < -0.39 is 17.9 Å². The lowest BCUT2D eigenvalue weighted by Crippen LogP contribution is -2.44. The maximum absolute atomic E-state index is 12.2. The fourth-order valence-electron chi connectivity index (χ4n) is 2.00. The third-order valence-electron chi connectivity index (χ3n) is 3.15. The summed E-state index contributed by atoms with van der Waals surface area (Å²) in [5, 5.41) is 13.3. The largest absolute Gasteiger partial charge is 0.480 e. The van der Waals surface area contributed by atoms with Crippen molar-refractivity contribution >= 4 is 34.2 Å². The number of amides is 1. The Morgan fingerprint density at radius 2 is 1.95 bits per heavy atom. The van der Waals surface area contributed by atoms with Crippen LogP contribution in [0.25, 0.3) is 10.8 Å². The molecular formula is C15H15ClN2O3. The van der Waals surface area contributed by atoms with Crippen molar-refractivity contribution in [3.05, 3.63) is 41.2 Å². The predicted molar refractivity (Wildman–Crippen MR) is 80.5 cm³/mol. The van der Waals surface area contributed by atoms with Gasteiger partial charge in [-0.2, -0.15) is 0 Å². The number of aromatic nitrogens is 1. The van der Waals surface area contributed by atoms with Gasteiger partial charge in [0.1, 0.15) is 16.9 Å². The van der Waals surface area contributed by atoms with E-state index in [1.54, 1.807) is 26.0 Å². The summed E-state index contributed by atoms with van der Waals surface area (Å²) in [6.45, 7) is 3.44. The van der Waals surface area contributed by atoms with Crippen molar-refractivity contribution in [3.63, 3.8) is 0 Å². The van der Waals surface area contributed by atoms with Gasteiger partial charge in [0, 0.05) is 5.39 Å². The van der Waals surface area contributed by atoms with E-state index in [2.05, 4.69) is 10.3 Å². The number of carbonyl (C=O) groups excluding carboxylic acids is 1. The van der Waals surface area contributed by atoms with Crippen LogP contribution in [0.1, 0.15) is 24.3 Å². The lowest BCUT2D eigenvalue weighted by Gasteiger charge is -2.17. The number of carboxylic acid groups (broad SMARTS) is 1. The molecule has 0 saturated heterocycles. The molecule has 110 valence electrons. The van der Waals surface area contributed by atoms with Crippen LogP contribution in [0.3, 0.4) is 0 Å². The lowest BCUT2D eigenvalue weighted by molar-refractivity contribution is -0.140. The quantitative estimate of drug-likeness (QED) is 0.851. The number of aliphatic carboxylic acids is 1. The molecule has 0 aliphatic rings. The zero-order valence-corrected chi connectivity index (χ0v) is 12.4. The van der Waals surface area contributed by atoms with E-state index in [1.807, 2.05) is 18.2 Å². The number of nitrogens with one attached hydrogen (secondary N) is 1. The minimum absolute atomic E-state index is 0.102. The van der Waals surface area contributed by atoms with Gasteiger partial charge in [-0.3, -0.25) is 4.79 Å². The van der Waals surface area contributed by atoms with Crippen molar-refractivity contribution in [1.82, 2.24) is 10.3 Å². The standard InChI is InChI=1S/C15H15ClN2O3/c1-8(2)12(15(20)21)18-14(19)11-7-9-5-3-4-6-10(9)13(16)17-11/h3-8,12H,1-2H3,(H,18,19)(H,20,21). The topological polar surface area (TPSA) is 79.3 Å². The Balaban J connectivity index is 2.33. The number of nitrogens with zero attached hydrogens (tertiary/aromatic N) is 1. The maximum atomic E-state index is 12.2. The van der Waals surface area contributed by atoms with Gasteiger partial charge in [-0.1, -0.05) is 49.7 Å². The number of hydrogen-bond acceptors (Lipinski definition) is 3. The molecule has 6 heteroatoms. The van der Waals surface area contributed by atoms with Crippen LogP contribution in [0, 0.1) is 5.92 Å². The third kappa shape index (κ3) is 3.31. The molecule has 0 bridgehead atoms. The SMILES string of the molecule is CC(C)C(NC(=O)c1cc2ccccc2c(Cl)n1)C(=O)O. The third-order valence-corrected chi connectivity index (χ3v) is 3.43. The highest BCUT2D eigenvalue weighted by Gasteiger charge is 2.24. The number of benzene rings is 1. The molecule has 1 aromatic carbocycles. The minimum Gasteiger partial charge on any atom is -0.480 e. The number of halogens is 1. The van der Waals surface area contributed by atoms with E-state index >= 15 is 0 Å². The van der Waals surface area contributed by atoms with E-state index in [4.69, 9.17) is 16.7 Å². The molecular weight excluding hydrogens is 292 g/mol. The highest BCUT2D eigenvalue weighted by atomic mass is 35.5. The molecule has 0 aliphatic carbocycles. The van der Waals surface area contributed by atoms with Crippen molar-refractivity contribution in [2.75, 3.05) is 0 Å². The second-order valence-electron chi connectivity index (χ2n) is 5.05. The van der Waals surface area contributed by atoms with Crippen molar-refractivity contribution in [3.8, 4) is 0 Å². The summed E-state index contributed by atoms with van der Waals surface area (Å²) in [5.74, 6) is -1.86. The van der Waals surface area contributed by atoms with E-state index in [-0.39, 0.29) is 16.8 Å². The van der Waals surface area contributed by atoms with Gasteiger partial charge in [0.15, 0.2) is 0 Å². The molecule has 0 aliphatic heterocycles. The zero-order valence-electron chi connectivity index (χ0n) is 11.6. The first-order chi connectivity index (χ1) is 9.90. The van der Waals surface area contributed by atoms with Crippen molar-refractivity contribution in [2.45, 2.75) is 19.9 Å². The fraction of sp³-hybridized carbons (Fsp3) is 0.267. The van der Waals surface area contributed by atoms with Crippen molar-refractivity contribution in [2.24, 2.45) is 5.92 Å². The highest BCUT2D eigenvalue weighted by Crippen LogP contribution is 2.22. The Morgan fingerprint density at radius 1 is 1.29 bits per heavy atom. The van der Waals surface area contributed by atoms with Gasteiger partial charge in [0.25, 0.3) is 5.91 Å². The predicted octanol–water partition coefficient (Wildman–Crippen LogP) is 2.73. The summed E-state index contributed by atoms with van der Waals surface area (Å²) in [5.41, 5.74) is 0.102. The number of fused-ring (bicyclic) bond motifs is 1. The Hall–Kier alpha value is -2.14. The Kier molecular flexibility index (Phi) is 4.43. The summed E-state index contributed by atoms with van der Waals surface area (Å²) in [6.07, 6.45) is 0. The van der Waals surface area contributed by atoms with Crippen molar-refractivity contribution < 1.29 is 14.7 Å². The zero-order chi connectivity index (χ0) is 15.6. The maximum Gasteiger partial charge on any atom is 0.326 e. The van der Waals surface area contributed by atoms with Gasteiger partial charge in [0.2, 0.25) is 0 Å². The van der Waals surface area contributed by atoms with Crippen LogP contribution in [-0.4, -0.2) is 28.0 Å². The van der Waals surface area contributed by atoms with E-state index in [0.717, 1.165) is 10.8 Å². The second-order valence-corrected chi connectivity index (χ2v) is 5.41. The summed E-state index contributed by atoms with van der Waals surface area (Å²) < 4.78 is 0. The Bertz CT molecular complexity index is 700. The van der Waals surface area contributed by atoms with Crippen LogP contribution in [0.5, 0.6) is 0 Å². The van der Waals surface area contributed by atoms with Gasteiger partial charge in [-0.05, 0) is 17.4 Å². The molecule has 0 radical (unpaired) electrons. The molecule has 21 heavy (non-hydrogen) atoms. The Labute approximate surface area is 126 Å². The summed E-state index contributed by atoms with van der Waals surface area (Å²) in [4.78, 5) is 27.3. The van der Waals surface area contributed by atoms with Gasteiger partial charge in [-0.25, -0.2) is 9.78 Å². The van der Waals surface area contributed by atoms with Crippen LogP contribution in [0.2, 0.25) is 5.15 Å². The highest BCUT2D eigenvalue weighted by molar-refractivity contribution is 6.34. The smallest absolute Gasteiger partial charge is 0.326 e. The van der Waals surface area contributed by atoms with Crippen LogP contribution in [-0.2, 0) is 4.79 Å². The van der Waals surface area contributed by atoms with E-state index in [1.165, 1.54) is 0 Å². The summed E-state index contributed by atoms with van der Waals surface area (Å²) in [7, 11) is 0. The molecule has 1 amide bonds. The van der Waals surface area contributed by atoms with Gasteiger partial charge in [0.05, 0.1) is 0 Å². The summed E-state index contributed by atoms with van der Waals surface area (Å²) >= 11 is 6.06. The van der Waals surface area contributed by atoms with Gasteiger partial charge < -0.3 is 10.4 Å². The monoisotopic (exact) mass is 306 g/mol. The molecule has 2 aromatic rings. The van der Waals surface area contributed by atoms with Gasteiger partial charge >= 0.3 is 5.97 Å². The van der Waals surface area contributed by atoms with Gasteiger partial charge in [-0.15, -0.1) is 0 Å². The molecule has 0 saturated carbocycles. The molecule has 1 unspecified atom stereocenters. The fourth-order valence-corrected chi connectivity index (χ4v) is 2.26. The number of pyridine rings is 1. The number of hydrogen-bond donors (Lipinski definition) is 2. The molecule has 5 nitrogen and oxygen atoms in total. The van der Waals surface area contributed by atoms with Crippen LogP contribution >= 0.6 is 11.6 Å². The molecule has 1 aromatic heterocycles. The Morgan fingerprint density at radius 3 is 2.57 bits per heavy atom. The van der Waals surface area contributed by atoms with Crippen LogP contribution in [0.4, 0.5) is 0 Å². The van der Waals surface area contributed by atoms with E-state index in [9.17, 15) is 9.59 Å². The molecule has 2 N–H and O–H groups in total. The first kappa shape index (κ1) is 15.3. The average Bonchev–Trinajstić information content (AvgIpc) is 2.43. The molecule has 2 rings (SSSR count). The van der Waals surface area contributed by atoms with Crippen molar-refractivity contribution in [1.29, 1.82) is 0 Å². The lowest BCUT2D eigenvalue weighted by atomic mass is 10.0.